The fourth-order valence-electron chi connectivity index (χ4n) is 0.823. The summed E-state index contributed by atoms with van der Waals surface area (Å²) >= 11 is 0. The molecule has 0 aromatic rings. The van der Waals surface area contributed by atoms with Gasteiger partial charge in [-0.15, -0.1) is 11.8 Å². The van der Waals surface area contributed by atoms with E-state index in [4.69, 9.17) is 5.11 Å². The molecule has 1 unspecified atom stereocenters. The number of nitrogens with zero attached hydrogens (tertiary/aromatic N) is 1. The maximum atomic E-state index is 11.4. The number of aliphatic carboxylic acids is 1. The molecule has 0 rings (SSSR count). The average molecular weight is 212 g/mol. The Morgan fingerprint density at radius 2 is 2.13 bits per heavy atom. The summed E-state index contributed by atoms with van der Waals surface area (Å²) in [6, 6.07) is -1.23. The number of hydrogen-bond acceptors (Lipinski definition) is 2. The molecule has 15 heavy (non-hydrogen) atoms. The van der Waals surface area contributed by atoms with Crippen LogP contribution in [0.1, 0.15) is 20.3 Å². The highest BCUT2D eigenvalue weighted by Crippen LogP contribution is 1.95. The quantitative estimate of drug-likeness (QED) is 0.527. The first-order chi connectivity index (χ1) is 7.00. The van der Waals surface area contributed by atoms with E-state index in [0.717, 1.165) is 4.90 Å². The van der Waals surface area contributed by atoms with E-state index in [0.29, 0.717) is 13.0 Å². The Morgan fingerprint density at radius 3 is 2.60 bits per heavy atom. The van der Waals surface area contributed by atoms with Crippen LogP contribution in [0.4, 0.5) is 4.79 Å². The standard InChI is InChI=1S/C10H16N2O3/c1-4-5-6-7-11-10(15)12(3)8(2)9(13)14/h8H,6-7H2,1-3H3,(H,11,15)(H,13,14). The molecule has 0 saturated carbocycles. The molecule has 0 aromatic heterocycles. The summed E-state index contributed by atoms with van der Waals surface area (Å²) in [7, 11) is 1.44. The highest BCUT2D eigenvalue weighted by atomic mass is 16.4. The topological polar surface area (TPSA) is 69.6 Å². The smallest absolute Gasteiger partial charge is 0.326 e. The summed E-state index contributed by atoms with van der Waals surface area (Å²) in [6.07, 6.45) is 0.567. The molecule has 1 atom stereocenters. The van der Waals surface area contributed by atoms with Crippen LogP contribution in [0, 0.1) is 11.8 Å². The molecule has 0 saturated heterocycles. The molecule has 5 heteroatoms. The van der Waals surface area contributed by atoms with Gasteiger partial charge in [0.1, 0.15) is 6.04 Å². The van der Waals surface area contributed by atoms with Crippen LogP contribution in [0.15, 0.2) is 0 Å². The van der Waals surface area contributed by atoms with Crippen LogP contribution >= 0.6 is 0 Å². The Bertz CT molecular complexity index is 291. The fourth-order valence-corrected chi connectivity index (χ4v) is 0.823. The van der Waals surface area contributed by atoms with E-state index < -0.39 is 18.0 Å². The molecule has 84 valence electrons. The van der Waals surface area contributed by atoms with E-state index in [2.05, 4.69) is 17.2 Å². The Balaban J connectivity index is 3.97. The summed E-state index contributed by atoms with van der Waals surface area (Å²) in [5.74, 6) is 4.47. The third-order valence-electron chi connectivity index (χ3n) is 1.96. The predicted octanol–water partition coefficient (Wildman–Crippen LogP) is 0.514. The highest BCUT2D eigenvalue weighted by molar-refractivity contribution is 5.82. The molecule has 0 bridgehead atoms. The maximum absolute atomic E-state index is 11.4. The normalized spacial score (nSPS) is 10.9. The average Bonchev–Trinajstić information content (AvgIpc) is 2.21. The van der Waals surface area contributed by atoms with Crippen LogP contribution < -0.4 is 5.32 Å². The van der Waals surface area contributed by atoms with E-state index in [-0.39, 0.29) is 0 Å². The summed E-state index contributed by atoms with van der Waals surface area (Å²) in [5.41, 5.74) is 0. The highest BCUT2D eigenvalue weighted by Gasteiger charge is 2.20. The molecule has 5 nitrogen and oxygen atoms in total. The van der Waals surface area contributed by atoms with Crippen LogP contribution in [-0.2, 0) is 4.79 Å². The number of likely N-dealkylation sites (N-methyl/N-ethyl adjacent to an activating group) is 1. The van der Waals surface area contributed by atoms with Gasteiger partial charge in [-0.3, -0.25) is 0 Å². The number of hydrogen-bond donors (Lipinski definition) is 2. The van der Waals surface area contributed by atoms with Crippen LogP contribution in [0.3, 0.4) is 0 Å². The fraction of sp³-hybridized carbons (Fsp3) is 0.600. The number of carbonyl (C=O) groups excluding carboxylic acids is 1. The van der Waals surface area contributed by atoms with Gasteiger partial charge in [0.05, 0.1) is 0 Å². The molecule has 2 N–H and O–H groups in total. The van der Waals surface area contributed by atoms with E-state index in [1.165, 1.54) is 14.0 Å². The van der Waals surface area contributed by atoms with Crippen molar-refractivity contribution < 1.29 is 14.7 Å². The van der Waals surface area contributed by atoms with Crippen LogP contribution in [0.25, 0.3) is 0 Å². The molecule has 0 aliphatic heterocycles. The first-order valence-corrected chi connectivity index (χ1v) is 4.63. The lowest BCUT2D eigenvalue weighted by Crippen LogP contribution is -2.45. The van der Waals surface area contributed by atoms with E-state index in [9.17, 15) is 9.59 Å². The van der Waals surface area contributed by atoms with Crippen molar-refractivity contribution in [3.63, 3.8) is 0 Å². The second-order valence-electron chi connectivity index (χ2n) is 3.03. The second-order valence-corrected chi connectivity index (χ2v) is 3.03. The third-order valence-corrected chi connectivity index (χ3v) is 1.96. The van der Waals surface area contributed by atoms with Crippen molar-refractivity contribution in [2.45, 2.75) is 26.3 Å². The molecule has 0 radical (unpaired) electrons. The molecule has 0 aliphatic rings. The van der Waals surface area contributed by atoms with Gasteiger partial charge in [-0.05, 0) is 13.8 Å². The van der Waals surface area contributed by atoms with Crippen LogP contribution in [-0.4, -0.2) is 41.6 Å². The summed E-state index contributed by atoms with van der Waals surface area (Å²) in [4.78, 5) is 23.1. The molecule has 0 spiro atoms. The second kappa shape index (κ2) is 6.71. The number of carboxylic acid groups (broad SMARTS) is 1. The van der Waals surface area contributed by atoms with Gasteiger partial charge in [-0.1, -0.05) is 0 Å². The number of carbonyl (C=O) groups is 2. The molecule has 0 aliphatic carbocycles. The van der Waals surface area contributed by atoms with E-state index in [1.807, 2.05) is 0 Å². The number of nitrogens with one attached hydrogen (secondary N) is 1. The third kappa shape index (κ3) is 4.91. The lowest BCUT2D eigenvalue weighted by atomic mass is 10.3. The number of carboxylic acids is 1. The number of urea groups is 1. The van der Waals surface area contributed by atoms with Crippen molar-refractivity contribution in [3.05, 3.63) is 0 Å². The summed E-state index contributed by atoms with van der Waals surface area (Å²) in [6.45, 7) is 3.60. The van der Waals surface area contributed by atoms with Crippen molar-refractivity contribution in [2.75, 3.05) is 13.6 Å². The van der Waals surface area contributed by atoms with E-state index >= 15 is 0 Å². The first-order valence-electron chi connectivity index (χ1n) is 4.63. The van der Waals surface area contributed by atoms with Gasteiger partial charge in [-0.2, -0.15) is 0 Å². The minimum atomic E-state index is -1.03. The van der Waals surface area contributed by atoms with Gasteiger partial charge in [0.25, 0.3) is 0 Å². The van der Waals surface area contributed by atoms with Crippen molar-refractivity contribution >= 4 is 12.0 Å². The van der Waals surface area contributed by atoms with Crippen LogP contribution in [0.2, 0.25) is 0 Å². The van der Waals surface area contributed by atoms with Gasteiger partial charge in [-0.25, -0.2) is 9.59 Å². The summed E-state index contributed by atoms with van der Waals surface area (Å²) in [5, 5.41) is 11.2. The molecule has 0 heterocycles. The zero-order chi connectivity index (χ0) is 11.8. The molecular formula is C10H16N2O3. The SMILES string of the molecule is CC#CCCNC(=O)N(C)C(C)C(=O)O. The molecule has 0 fully saturated rings. The largest absolute Gasteiger partial charge is 0.480 e. The lowest BCUT2D eigenvalue weighted by Gasteiger charge is -2.21. The Labute approximate surface area is 89.4 Å². The predicted molar refractivity (Wildman–Crippen MR) is 56.3 cm³/mol. The lowest BCUT2D eigenvalue weighted by molar-refractivity contribution is -0.141. The van der Waals surface area contributed by atoms with Crippen molar-refractivity contribution in [1.29, 1.82) is 0 Å². The van der Waals surface area contributed by atoms with Crippen molar-refractivity contribution in [1.82, 2.24) is 10.2 Å². The zero-order valence-electron chi connectivity index (χ0n) is 9.20. The molecule has 0 aromatic carbocycles. The summed E-state index contributed by atoms with van der Waals surface area (Å²) < 4.78 is 0. The minimum absolute atomic E-state index is 0.400. The maximum Gasteiger partial charge on any atom is 0.326 e. The van der Waals surface area contributed by atoms with Gasteiger partial charge >= 0.3 is 12.0 Å². The van der Waals surface area contributed by atoms with Gasteiger partial charge in [0, 0.05) is 20.0 Å². The monoisotopic (exact) mass is 212 g/mol. The number of rotatable bonds is 4. The van der Waals surface area contributed by atoms with Gasteiger partial charge in [0.15, 0.2) is 0 Å². The Morgan fingerprint density at radius 1 is 1.53 bits per heavy atom. The van der Waals surface area contributed by atoms with Crippen molar-refractivity contribution in [2.24, 2.45) is 0 Å². The first kappa shape index (κ1) is 13.3. The minimum Gasteiger partial charge on any atom is -0.480 e. The van der Waals surface area contributed by atoms with E-state index in [1.54, 1.807) is 6.92 Å². The number of amides is 2. The zero-order valence-corrected chi connectivity index (χ0v) is 9.20. The Kier molecular flexibility index (Phi) is 5.95. The Hall–Kier alpha value is -1.70. The molecular weight excluding hydrogens is 196 g/mol. The van der Waals surface area contributed by atoms with Crippen LogP contribution in [0.5, 0.6) is 0 Å². The van der Waals surface area contributed by atoms with Gasteiger partial charge in [0.2, 0.25) is 0 Å². The van der Waals surface area contributed by atoms with Crippen molar-refractivity contribution in [3.8, 4) is 11.8 Å². The molecule has 2 amide bonds. The van der Waals surface area contributed by atoms with Gasteiger partial charge < -0.3 is 15.3 Å².